The van der Waals surface area contributed by atoms with Gasteiger partial charge in [0.25, 0.3) is 0 Å². The number of nitrogens with zero attached hydrogens (tertiary/aromatic N) is 3. The summed E-state index contributed by atoms with van der Waals surface area (Å²) in [5, 5.41) is 1.36. The van der Waals surface area contributed by atoms with E-state index in [0.29, 0.717) is 0 Å². The summed E-state index contributed by atoms with van der Waals surface area (Å²) in [6.07, 6.45) is 3.42. The molecule has 2 aromatic heterocycles. The predicted molar refractivity (Wildman–Crippen MR) is 67.8 cm³/mol. The largest absolute Gasteiger partial charge is 0.256 e. The molecule has 1 aromatic carbocycles. The number of pyridine rings is 1. The molecule has 0 unspecified atom stereocenters. The van der Waals surface area contributed by atoms with Crippen LogP contribution in [0, 0.1) is 0 Å². The second kappa shape index (κ2) is 4.11. The molecule has 0 aliphatic rings. The van der Waals surface area contributed by atoms with Crippen molar-refractivity contribution in [2.75, 3.05) is 0 Å². The van der Waals surface area contributed by atoms with Crippen LogP contribution in [0.3, 0.4) is 0 Å². The van der Waals surface area contributed by atoms with Crippen LogP contribution in [-0.2, 0) is 0 Å². The number of fused-ring (bicyclic) bond motifs is 1. The minimum Gasteiger partial charge on any atom is -0.256 e. The maximum absolute atomic E-state index is 5.78. The van der Waals surface area contributed by atoms with Gasteiger partial charge in [0.15, 0.2) is 0 Å². The first-order valence-corrected chi connectivity index (χ1v) is 5.54. The van der Waals surface area contributed by atoms with Gasteiger partial charge in [0.05, 0.1) is 11.2 Å². The van der Waals surface area contributed by atoms with Crippen molar-refractivity contribution in [2.24, 2.45) is 0 Å². The zero-order chi connectivity index (χ0) is 11.7. The SMILES string of the molecule is Clc1nccc(-c2ccc3cccnc3c2)n1. The smallest absolute Gasteiger partial charge is 0.222 e. The monoisotopic (exact) mass is 241 g/mol. The summed E-state index contributed by atoms with van der Waals surface area (Å²) in [6.45, 7) is 0. The average molecular weight is 242 g/mol. The minimum absolute atomic E-state index is 0.253. The number of halogens is 1. The molecule has 17 heavy (non-hydrogen) atoms. The van der Waals surface area contributed by atoms with Gasteiger partial charge in [0.1, 0.15) is 0 Å². The predicted octanol–water partition coefficient (Wildman–Crippen LogP) is 3.35. The summed E-state index contributed by atoms with van der Waals surface area (Å²) in [7, 11) is 0. The van der Waals surface area contributed by atoms with Crippen molar-refractivity contribution < 1.29 is 0 Å². The molecule has 0 saturated carbocycles. The molecule has 0 amide bonds. The molecule has 0 bridgehead atoms. The highest BCUT2D eigenvalue weighted by Crippen LogP contribution is 2.21. The molecule has 3 rings (SSSR count). The lowest BCUT2D eigenvalue weighted by atomic mass is 10.1. The Bertz CT molecular complexity index is 682. The van der Waals surface area contributed by atoms with Gasteiger partial charge in [0, 0.05) is 23.3 Å². The van der Waals surface area contributed by atoms with Crippen LogP contribution in [-0.4, -0.2) is 15.0 Å². The maximum atomic E-state index is 5.78. The Labute approximate surface area is 103 Å². The van der Waals surface area contributed by atoms with Crippen molar-refractivity contribution in [2.45, 2.75) is 0 Å². The van der Waals surface area contributed by atoms with Crippen LogP contribution in [0.15, 0.2) is 48.8 Å². The average Bonchev–Trinajstić information content (AvgIpc) is 2.38. The summed E-state index contributed by atoms with van der Waals surface area (Å²) in [6, 6.07) is 11.8. The van der Waals surface area contributed by atoms with Crippen molar-refractivity contribution in [1.29, 1.82) is 0 Å². The van der Waals surface area contributed by atoms with E-state index in [-0.39, 0.29) is 5.28 Å². The molecule has 0 radical (unpaired) electrons. The summed E-state index contributed by atoms with van der Waals surface area (Å²) >= 11 is 5.78. The molecule has 3 aromatic rings. The Hall–Kier alpha value is -2.00. The molecular formula is C13H8ClN3. The first-order chi connectivity index (χ1) is 8.33. The molecule has 0 N–H and O–H groups in total. The number of aromatic nitrogens is 3. The summed E-state index contributed by atoms with van der Waals surface area (Å²) in [5.41, 5.74) is 2.73. The third-order valence-electron chi connectivity index (χ3n) is 2.53. The fourth-order valence-electron chi connectivity index (χ4n) is 1.72. The first kappa shape index (κ1) is 10.2. The van der Waals surface area contributed by atoms with E-state index in [0.717, 1.165) is 22.2 Å². The minimum atomic E-state index is 0.253. The lowest BCUT2D eigenvalue weighted by Gasteiger charge is -2.02. The van der Waals surface area contributed by atoms with E-state index < -0.39 is 0 Å². The fourth-order valence-corrected chi connectivity index (χ4v) is 1.87. The number of hydrogen-bond acceptors (Lipinski definition) is 3. The highest BCUT2D eigenvalue weighted by atomic mass is 35.5. The zero-order valence-electron chi connectivity index (χ0n) is 8.84. The van der Waals surface area contributed by atoms with Crippen LogP contribution < -0.4 is 0 Å². The van der Waals surface area contributed by atoms with Crippen molar-refractivity contribution in [3.8, 4) is 11.3 Å². The van der Waals surface area contributed by atoms with Crippen molar-refractivity contribution in [3.05, 3.63) is 54.1 Å². The lowest BCUT2D eigenvalue weighted by molar-refractivity contribution is 1.17. The van der Waals surface area contributed by atoms with Crippen LogP contribution in [0.2, 0.25) is 5.28 Å². The summed E-state index contributed by atoms with van der Waals surface area (Å²) < 4.78 is 0. The fraction of sp³-hybridized carbons (Fsp3) is 0. The second-order valence-corrected chi connectivity index (χ2v) is 3.96. The van der Waals surface area contributed by atoms with Gasteiger partial charge in [-0.05, 0) is 29.8 Å². The first-order valence-electron chi connectivity index (χ1n) is 5.17. The van der Waals surface area contributed by atoms with Crippen molar-refractivity contribution in [1.82, 2.24) is 15.0 Å². The van der Waals surface area contributed by atoms with Gasteiger partial charge in [0.2, 0.25) is 5.28 Å². The van der Waals surface area contributed by atoms with Crippen LogP contribution in [0.1, 0.15) is 0 Å². The zero-order valence-corrected chi connectivity index (χ0v) is 9.59. The molecule has 2 heterocycles. The van der Waals surface area contributed by atoms with E-state index >= 15 is 0 Å². The van der Waals surface area contributed by atoms with Gasteiger partial charge in [-0.25, -0.2) is 9.97 Å². The van der Waals surface area contributed by atoms with Gasteiger partial charge < -0.3 is 0 Å². The van der Waals surface area contributed by atoms with Gasteiger partial charge >= 0.3 is 0 Å². The molecule has 4 heteroatoms. The van der Waals surface area contributed by atoms with Crippen molar-refractivity contribution >= 4 is 22.5 Å². The van der Waals surface area contributed by atoms with Gasteiger partial charge in [-0.15, -0.1) is 0 Å². The highest BCUT2D eigenvalue weighted by molar-refractivity contribution is 6.28. The molecule has 0 spiro atoms. The lowest BCUT2D eigenvalue weighted by Crippen LogP contribution is -1.87. The second-order valence-electron chi connectivity index (χ2n) is 3.62. The Morgan fingerprint density at radius 2 is 1.88 bits per heavy atom. The number of benzene rings is 1. The van der Waals surface area contributed by atoms with Gasteiger partial charge in [-0.3, -0.25) is 4.98 Å². The molecule has 0 aliphatic carbocycles. The van der Waals surface area contributed by atoms with Gasteiger partial charge in [-0.2, -0.15) is 0 Å². The molecule has 0 saturated heterocycles. The molecule has 82 valence electrons. The van der Waals surface area contributed by atoms with Crippen LogP contribution in [0.4, 0.5) is 0 Å². The quantitative estimate of drug-likeness (QED) is 0.614. The van der Waals surface area contributed by atoms with E-state index in [1.807, 2.05) is 36.4 Å². The van der Waals surface area contributed by atoms with E-state index in [9.17, 15) is 0 Å². The van der Waals surface area contributed by atoms with E-state index in [1.165, 1.54) is 0 Å². The molecular weight excluding hydrogens is 234 g/mol. The Morgan fingerprint density at radius 1 is 0.941 bits per heavy atom. The molecule has 0 aliphatic heterocycles. The van der Waals surface area contributed by atoms with Crippen LogP contribution in [0.25, 0.3) is 22.2 Å². The van der Waals surface area contributed by atoms with Crippen LogP contribution >= 0.6 is 11.6 Å². The Kier molecular flexibility index (Phi) is 2.46. The topological polar surface area (TPSA) is 38.7 Å². The maximum Gasteiger partial charge on any atom is 0.222 e. The Balaban J connectivity index is 2.18. The Morgan fingerprint density at radius 3 is 2.76 bits per heavy atom. The van der Waals surface area contributed by atoms with E-state index in [4.69, 9.17) is 11.6 Å². The number of hydrogen-bond donors (Lipinski definition) is 0. The normalized spacial score (nSPS) is 10.6. The summed E-state index contributed by atoms with van der Waals surface area (Å²) in [4.78, 5) is 12.4. The van der Waals surface area contributed by atoms with E-state index in [1.54, 1.807) is 12.4 Å². The van der Waals surface area contributed by atoms with Gasteiger partial charge in [-0.1, -0.05) is 18.2 Å². The highest BCUT2D eigenvalue weighted by Gasteiger charge is 2.02. The van der Waals surface area contributed by atoms with E-state index in [2.05, 4.69) is 15.0 Å². The third kappa shape index (κ3) is 1.97. The van der Waals surface area contributed by atoms with Crippen LogP contribution in [0.5, 0.6) is 0 Å². The molecule has 0 atom stereocenters. The third-order valence-corrected chi connectivity index (χ3v) is 2.71. The molecule has 0 fully saturated rings. The number of rotatable bonds is 1. The summed E-state index contributed by atoms with van der Waals surface area (Å²) in [5.74, 6) is 0. The molecule has 3 nitrogen and oxygen atoms in total. The standard InChI is InChI=1S/C13H8ClN3/c14-13-16-7-5-11(17-13)10-4-3-9-2-1-6-15-12(9)8-10/h1-8H. The van der Waals surface area contributed by atoms with Crippen molar-refractivity contribution in [3.63, 3.8) is 0 Å².